The van der Waals surface area contributed by atoms with Crippen LogP contribution in [0.15, 0.2) is 22.7 Å². The van der Waals surface area contributed by atoms with Crippen LogP contribution in [0.4, 0.5) is 0 Å². The normalized spacial score (nSPS) is 18.7. The molecule has 1 aliphatic carbocycles. The summed E-state index contributed by atoms with van der Waals surface area (Å²) in [5.41, 5.74) is 6.96. The second kappa shape index (κ2) is 5.19. The number of benzene rings is 1. The molecule has 88 valence electrons. The van der Waals surface area contributed by atoms with Gasteiger partial charge in [-0.3, -0.25) is 0 Å². The predicted octanol–water partition coefficient (Wildman–Crippen LogP) is 3.79. The molecule has 0 spiro atoms. The van der Waals surface area contributed by atoms with Crippen molar-refractivity contribution in [1.29, 1.82) is 0 Å². The molecule has 0 aliphatic heterocycles. The average Bonchev–Trinajstić information content (AvgIpc) is 2.73. The van der Waals surface area contributed by atoms with Crippen molar-refractivity contribution in [3.8, 4) is 5.75 Å². The van der Waals surface area contributed by atoms with Crippen LogP contribution < -0.4 is 10.5 Å². The topological polar surface area (TPSA) is 35.2 Å². The molecule has 3 heteroatoms. The van der Waals surface area contributed by atoms with Gasteiger partial charge in [-0.1, -0.05) is 6.07 Å². The van der Waals surface area contributed by atoms with E-state index in [4.69, 9.17) is 10.5 Å². The van der Waals surface area contributed by atoms with Crippen molar-refractivity contribution in [3.63, 3.8) is 0 Å². The first-order valence-electron chi connectivity index (χ1n) is 5.88. The standard InChI is InChI=1S/C13H18BrNO/c1-9(15)10-6-7-13(12(14)8-10)16-11-4-2-3-5-11/h6-9,11H,2-5,15H2,1H3. The van der Waals surface area contributed by atoms with Gasteiger partial charge in [-0.15, -0.1) is 0 Å². The van der Waals surface area contributed by atoms with Crippen LogP contribution in [0.5, 0.6) is 5.75 Å². The number of hydrogen-bond acceptors (Lipinski definition) is 2. The SMILES string of the molecule is CC(N)c1ccc(OC2CCCC2)c(Br)c1. The van der Waals surface area contributed by atoms with Crippen molar-refractivity contribution < 1.29 is 4.74 Å². The molecule has 0 heterocycles. The summed E-state index contributed by atoms with van der Waals surface area (Å²) in [5.74, 6) is 0.941. The minimum absolute atomic E-state index is 0.0665. The lowest BCUT2D eigenvalue weighted by atomic mass is 10.1. The number of halogens is 1. The molecule has 1 saturated carbocycles. The summed E-state index contributed by atoms with van der Waals surface area (Å²) < 4.78 is 6.96. The molecule has 0 saturated heterocycles. The average molecular weight is 284 g/mol. The lowest BCUT2D eigenvalue weighted by Gasteiger charge is -2.15. The third-order valence-corrected chi connectivity index (χ3v) is 3.70. The molecule has 1 aromatic carbocycles. The third kappa shape index (κ3) is 2.77. The summed E-state index contributed by atoms with van der Waals surface area (Å²) in [5, 5.41) is 0. The highest BCUT2D eigenvalue weighted by atomic mass is 79.9. The number of hydrogen-bond donors (Lipinski definition) is 1. The van der Waals surface area contributed by atoms with Crippen molar-refractivity contribution in [3.05, 3.63) is 28.2 Å². The quantitative estimate of drug-likeness (QED) is 0.916. The highest BCUT2D eigenvalue weighted by Gasteiger charge is 2.17. The number of ether oxygens (including phenoxy) is 1. The Hall–Kier alpha value is -0.540. The summed E-state index contributed by atoms with van der Waals surface area (Å²) in [4.78, 5) is 0. The molecule has 2 N–H and O–H groups in total. The Balaban J connectivity index is 2.09. The molecule has 1 atom stereocenters. The van der Waals surface area contributed by atoms with Gasteiger partial charge in [-0.05, 0) is 66.2 Å². The van der Waals surface area contributed by atoms with Crippen LogP contribution in [0.2, 0.25) is 0 Å². The molecule has 1 fully saturated rings. The van der Waals surface area contributed by atoms with E-state index < -0.39 is 0 Å². The summed E-state index contributed by atoms with van der Waals surface area (Å²) in [7, 11) is 0. The van der Waals surface area contributed by atoms with Gasteiger partial charge in [0.05, 0.1) is 10.6 Å². The lowest BCUT2D eigenvalue weighted by Crippen LogP contribution is -2.11. The van der Waals surface area contributed by atoms with Crippen molar-refractivity contribution in [2.24, 2.45) is 5.73 Å². The zero-order chi connectivity index (χ0) is 11.5. The van der Waals surface area contributed by atoms with E-state index in [0.717, 1.165) is 15.8 Å². The lowest BCUT2D eigenvalue weighted by molar-refractivity contribution is 0.208. The summed E-state index contributed by atoms with van der Waals surface area (Å²) in [6.07, 6.45) is 5.35. The van der Waals surface area contributed by atoms with Gasteiger partial charge in [0.2, 0.25) is 0 Å². The van der Waals surface area contributed by atoms with E-state index in [0.29, 0.717) is 6.10 Å². The van der Waals surface area contributed by atoms with Crippen LogP contribution >= 0.6 is 15.9 Å². The van der Waals surface area contributed by atoms with Gasteiger partial charge >= 0.3 is 0 Å². The van der Waals surface area contributed by atoms with Crippen LogP contribution in [0, 0.1) is 0 Å². The first-order valence-corrected chi connectivity index (χ1v) is 6.68. The first kappa shape index (κ1) is 11.9. The summed E-state index contributed by atoms with van der Waals surface area (Å²) in [6.45, 7) is 1.99. The molecular weight excluding hydrogens is 266 g/mol. The largest absolute Gasteiger partial charge is 0.489 e. The highest BCUT2D eigenvalue weighted by Crippen LogP contribution is 2.31. The second-order valence-electron chi connectivity index (χ2n) is 4.50. The number of nitrogens with two attached hydrogens (primary N) is 1. The fraction of sp³-hybridized carbons (Fsp3) is 0.538. The van der Waals surface area contributed by atoms with Crippen LogP contribution in [-0.2, 0) is 0 Å². The zero-order valence-electron chi connectivity index (χ0n) is 9.58. The van der Waals surface area contributed by atoms with Crippen molar-refractivity contribution in [1.82, 2.24) is 0 Å². The van der Waals surface area contributed by atoms with Crippen LogP contribution in [0.25, 0.3) is 0 Å². The Morgan fingerprint density at radius 3 is 2.62 bits per heavy atom. The zero-order valence-corrected chi connectivity index (χ0v) is 11.2. The summed E-state index contributed by atoms with van der Waals surface area (Å²) in [6, 6.07) is 6.17. The van der Waals surface area contributed by atoms with Gasteiger partial charge in [-0.25, -0.2) is 0 Å². The Kier molecular flexibility index (Phi) is 3.87. The fourth-order valence-corrected chi connectivity index (χ4v) is 2.57. The maximum atomic E-state index is 5.95. The van der Waals surface area contributed by atoms with E-state index in [-0.39, 0.29) is 6.04 Å². The monoisotopic (exact) mass is 283 g/mol. The van der Waals surface area contributed by atoms with Crippen molar-refractivity contribution in [2.75, 3.05) is 0 Å². The van der Waals surface area contributed by atoms with E-state index >= 15 is 0 Å². The Labute approximate surface area is 105 Å². The molecule has 2 rings (SSSR count). The summed E-state index contributed by atoms with van der Waals surface area (Å²) >= 11 is 3.54. The fourth-order valence-electron chi connectivity index (χ4n) is 2.08. The molecule has 1 unspecified atom stereocenters. The molecule has 1 aliphatic rings. The maximum Gasteiger partial charge on any atom is 0.133 e. The smallest absolute Gasteiger partial charge is 0.133 e. The molecule has 16 heavy (non-hydrogen) atoms. The first-order chi connectivity index (χ1) is 7.66. The van der Waals surface area contributed by atoms with Gasteiger partial charge in [0.15, 0.2) is 0 Å². The van der Waals surface area contributed by atoms with Crippen molar-refractivity contribution >= 4 is 15.9 Å². The molecule has 0 aromatic heterocycles. The van der Waals surface area contributed by atoms with Gasteiger partial charge in [0, 0.05) is 6.04 Å². The Bertz CT molecular complexity index is 359. The highest BCUT2D eigenvalue weighted by molar-refractivity contribution is 9.10. The van der Waals surface area contributed by atoms with E-state index in [9.17, 15) is 0 Å². The molecule has 1 aromatic rings. The van der Waals surface area contributed by atoms with Crippen LogP contribution in [0.1, 0.15) is 44.2 Å². The van der Waals surface area contributed by atoms with Gasteiger partial charge in [0.25, 0.3) is 0 Å². The van der Waals surface area contributed by atoms with Gasteiger partial charge in [-0.2, -0.15) is 0 Å². The van der Waals surface area contributed by atoms with E-state index in [1.165, 1.54) is 25.7 Å². The predicted molar refractivity (Wildman–Crippen MR) is 69.6 cm³/mol. The molecule has 2 nitrogen and oxygen atoms in total. The van der Waals surface area contributed by atoms with E-state index in [1.54, 1.807) is 0 Å². The molecule has 0 bridgehead atoms. The minimum Gasteiger partial charge on any atom is -0.489 e. The second-order valence-corrected chi connectivity index (χ2v) is 5.36. The third-order valence-electron chi connectivity index (χ3n) is 3.08. The molecule has 0 amide bonds. The number of rotatable bonds is 3. The van der Waals surface area contributed by atoms with Crippen LogP contribution in [-0.4, -0.2) is 6.10 Å². The molecular formula is C13H18BrNO. The van der Waals surface area contributed by atoms with Gasteiger partial charge in [0.1, 0.15) is 5.75 Å². The van der Waals surface area contributed by atoms with Gasteiger partial charge < -0.3 is 10.5 Å². The van der Waals surface area contributed by atoms with Crippen LogP contribution in [0.3, 0.4) is 0 Å². The van der Waals surface area contributed by atoms with E-state index in [2.05, 4.69) is 22.0 Å². The van der Waals surface area contributed by atoms with E-state index in [1.807, 2.05) is 19.1 Å². The Morgan fingerprint density at radius 2 is 2.06 bits per heavy atom. The molecule has 0 radical (unpaired) electrons. The van der Waals surface area contributed by atoms with Crippen molar-refractivity contribution in [2.45, 2.75) is 44.8 Å². The minimum atomic E-state index is 0.0665. The Morgan fingerprint density at radius 1 is 1.38 bits per heavy atom. The maximum absolute atomic E-state index is 5.95.